The van der Waals surface area contributed by atoms with Crippen molar-refractivity contribution in [2.45, 2.75) is 43.7 Å². The summed E-state index contributed by atoms with van der Waals surface area (Å²) in [6.45, 7) is 0. The van der Waals surface area contributed by atoms with Crippen molar-refractivity contribution < 1.29 is 13.6 Å². The number of nitrogens with one attached hydrogen (secondary N) is 1. The van der Waals surface area contributed by atoms with Gasteiger partial charge in [0, 0.05) is 23.9 Å². The highest BCUT2D eigenvalue weighted by atomic mass is 32.2. The van der Waals surface area contributed by atoms with Crippen molar-refractivity contribution in [3.8, 4) is 5.69 Å². The minimum absolute atomic E-state index is 0.0273. The van der Waals surface area contributed by atoms with Gasteiger partial charge in [0.2, 0.25) is 5.91 Å². The molecule has 36 heavy (non-hydrogen) atoms. The van der Waals surface area contributed by atoms with E-state index in [9.17, 15) is 18.4 Å². The van der Waals surface area contributed by atoms with Gasteiger partial charge in [-0.25, -0.2) is 13.8 Å². The van der Waals surface area contributed by atoms with Crippen LogP contribution in [0.4, 0.5) is 14.5 Å². The van der Waals surface area contributed by atoms with Gasteiger partial charge in [0.15, 0.2) is 16.8 Å². The van der Waals surface area contributed by atoms with E-state index in [2.05, 4.69) is 22.4 Å². The molecule has 0 unspecified atom stereocenters. The number of fused-ring (bicyclic) bond motifs is 2. The molecule has 0 saturated heterocycles. The molecule has 5 nitrogen and oxygen atoms in total. The number of aromatic nitrogens is 2. The van der Waals surface area contributed by atoms with Crippen molar-refractivity contribution in [2.24, 2.45) is 0 Å². The lowest BCUT2D eigenvalue weighted by Crippen LogP contribution is -2.22. The van der Waals surface area contributed by atoms with Crippen LogP contribution < -0.4 is 10.9 Å². The van der Waals surface area contributed by atoms with Crippen LogP contribution in [0.15, 0.2) is 70.6 Å². The van der Waals surface area contributed by atoms with Crippen molar-refractivity contribution >= 4 is 34.3 Å². The summed E-state index contributed by atoms with van der Waals surface area (Å²) in [5.41, 5.74) is 3.94. The number of para-hydroxylation sites is 1. The topological polar surface area (TPSA) is 64.0 Å². The second-order valence-corrected chi connectivity index (χ2v) is 9.90. The maximum Gasteiger partial charge on any atom is 0.266 e. The lowest BCUT2D eigenvalue weighted by molar-refractivity contribution is -0.116. The Balaban J connectivity index is 1.24. The molecule has 5 rings (SSSR count). The second-order valence-electron chi connectivity index (χ2n) is 8.84. The minimum Gasteiger partial charge on any atom is -0.326 e. The highest BCUT2D eigenvalue weighted by Crippen LogP contribution is 2.26. The van der Waals surface area contributed by atoms with E-state index in [1.165, 1.54) is 39.9 Å². The van der Waals surface area contributed by atoms with Crippen LogP contribution >= 0.6 is 11.8 Å². The zero-order valence-electron chi connectivity index (χ0n) is 19.6. The lowest BCUT2D eigenvalue weighted by atomic mass is 10.1. The third-order valence-corrected chi connectivity index (χ3v) is 7.34. The maximum atomic E-state index is 13.9. The molecule has 1 aliphatic rings. The van der Waals surface area contributed by atoms with Gasteiger partial charge in [-0.1, -0.05) is 30.0 Å². The molecule has 0 radical (unpaired) electrons. The van der Waals surface area contributed by atoms with E-state index in [0.717, 1.165) is 37.1 Å². The van der Waals surface area contributed by atoms with Crippen molar-refractivity contribution in [1.82, 2.24) is 9.55 Å². The van der Waals surface area contributed by atoms with Crippen LogP contribution in [0, 0.1) is 11.6 Å². The molecule has 1 aliphatic carbocycles. The molecule has 0 spiro atoms. The monoisotopic (exact) mass is 505 g/mol. The normalized spacial score (nSPS) is 12.6. The van der Waals surface area contributed by atoms with E-state index >= 15 is 0 Å². The summed E-state index contributed by atoms with van der Waals surface area (Å²) in [5.74, 6) is -1.42. The number of benzene rings is 3. The standard InChI is InChI=1S/C28H25F2N3O2S/c29-23-14-13-21(17-24(23)30)33-27(35)22-8-1-2-9-25(22)32-28(33)36-15-4-3-10-26(34)31-20-12-11-18-6-5-7-19(18)16-20/h1-2,8-9,11-14,16-17H,3-7,10,15H2,(H,31,34). The smallest absolute Gasteiger partial charge is 0.266 e. The summed E-state index contributed by atoms with van der Waals surface area (Å²) in [6.07, 6.45) is 5.13. The molecule has 0 saturated carbocycles. The highest BCUT2D eigenvalue weighted by Gasteiger charge is 2.15. The van der Waals surface area contributed by atoms with Gasteiger partial charge in [-0.05, 0) is 79.6 Å². The highest BCUT2D eigenvalue weighted by molar-refractivity contribution is 7.99. The molecule has 0 atom stereocenters. The van der Waals surface area contributed by atoms with Gasteiger partial charge in [0.05, 0.1) is 16.6 Å². The van der Waals surface area contributed by atoms with Gasteiger partial charge >= 0.3 is 0 Å². The second kappa shape index (κ2) is 10.6. The van der Waals surface area contributed by atoms with Crippen LogP contribution in [-0.2, 0) is 17.6 Å². The summed E-state index contributed by atoms with van der Waals surface area (Å²) in [7, 11) is 0. The summed E-state index contributed by atoms with van der Waals surface area (Å²) in [6, 6.07) is 16.4. The van der Waals surface area contributed by atoms with Gasteiger partial charge in [0.25, 0.3) is 5.56 Å². The number of aryl methyl sites for hydroxylation is 2. The molecule has 8 heteroatoms. The van der Waals surface area contributed by atoms with E-state index in [0.29, 0.717) is 34.7 Å². The predicted octanol–water partition coefficient (Wildman–Crippen LogP) is 6.05. The van der Waals surface area contributed by atoms with Crippen LogP contribution in [-0.4, -0.2) is 21.2 Å². The number of hydrogen-bond acceptors (Lipinski definition) is 4. The van der Waals surface area contributed by atoms with Gasteiger partial charge < -0.3 is 5.32 Å². The van der Waals surface area contributed by atoms with Crippen molar-refractivity contribution in [3.63, 3.8) is 0 Å². The Morgan fingerprint density at radius 3 is 2.67 bits per heavy atom. The fourth-order valence-corrected chi connectivity index (χ4v) is 5.50. The number of rotatable bonds is 8. The Labute approximate surface area is 211 Å². The Morgan fingerprint density at radius 2 is 1.81 bits per heavy atom. The van der Waals surface area contributed by atoms with Crippen LogP contribution in [0.3, 0.4) is 0 Å². The molecule has 184 valence electrons. The van der Waals surface area contributed by atoms with Gasteiger partial charge in [-0.2, -0.15) is 0 Å². The molecule has 1 aromatic heterocycles. The first-order valence-electron chi connectivity index (χ1n) is 12.0. The summed E-state index contributed by atoms with van der Waals surface area (Å²) < 4.78 is 28.8. The Hall–Kier alpha value is -3.52. The molecule has 1 N–H and O–H groups in total. The first-order chi connectivity index (χ1) is 17.5. The Morgan fingerprint density at radius 1 is 0.972 bits per heavy atom. The average molecular weight is 506 g/mol. The van der Waals surface area contributed by atoms with E-state index in [1.807, 2.05) is 6.07 Å². The summed E-state index contributed by atoms with van der Waals surface area (Å²) >= 11 is 1.35. The summed E-state index contributed by atoms with van der Waals surface area (Å²) in [5, 5.41) is 3.77. The third kappa shape index (κ3) is 5.18. The third-order valence-electron chi connectivity index (χ3n) is 6.32. The molecule has 3 aromatic carbocycles. The first-order valence-corrected chi connectivity index (χ1v) is 13.0. The SMILES string of the molecule is O=C(CCCCSc1nc2ccccc2c(=O)n1-c1ccc(F)c(F)c1)Nc1ccc2c(c1)CCC2. The number of nitrogens with zero attached hydrogens (tertiary/aromatic N) is 2. The summed E-state index contributed by atoms with van der Waals surface area (Å²) in [4.78, 5) is 30.2. The van der Waals surface area contributed by atoms with Crippen LogP contribution in [0.25, 0.3) is 16.6 Å². The number of carbonyl (C=O) groups excluding carboxylic acids is 1. The molecular formula is C28H25F2N3O2S. The molecule has 4 aromatic rings. The molecule has 0 fully saturated rings. The van der Waals surface area contributed by atoms with Crippen molar-refractivity contribution in [2.75, 3.05) is 11.1 Å². The molecule has 1 heterocycles. The Bertz CT molecular complexity index is 1500. The number of anilines is 1. The number of halogens is 2. The number of thioether (sulfide) groups is 1. The Kier molecular flexibility index (Phi) is 7.13. The number of hydrogen-bond donors (Lipinski definition) is 1. The lowest BCUT2D eigenvalue weighted by Gasteiger charge is -2.13. The predicted molar refractivity (Wildman–Crippen MR) is 139 cm³/mol. The van der Waals surface area contributed by atoms with Gasteiger partial charge in [-0.15, -0.1) is 0 Å². The maximum absolute atomic E-state index is 13.9. The van der Waals surface area contributed by atoms with E-state index in [-0.39, 0.29) is 17.2 Å². The van der Waals surface area contributed by atoms with Crippen molar-refractivity contribution in [3.05, 3.63) is 93.8 Å². The first kappa shape index (κ1) is 24.2. The van der Waals surface area contributed by atoms with E-state index in [4.69, 9.17) is 0 Å². The van der Waals surface area contributed by atoms with Crippen LogP contribution in [0.2, 0.25) is 0 Å². The quantitative estimate of drug-likeness (QED) is 0.180. The van der Waals surface area contributed by atoms with E-state index < -0.39 is 11.6 Å². The average Bonchev–Trinajstić information content (AvgIpc) is 3.34. The molecule has 1 amide bonds. The number of carbonyl (C=O) groups is 1. The zero-order chi connectivity index (χ0) is 25.1. The molecular weight excluding hydrogens is 480 g/mol. The van der Waals surface area contributed by atoms with E-state index in [1.54, 1.807) is 24.3 Å². The molecule has 0 aliphatic heterocycles. The van der Waals surface area contributed by atoms with Gasteiger partial charge in [-0.3, -0.25) is 14.2 Å². The molecule has 0 bridgehead atoms. The number of amides is 1. The minimum atomic E-state index is -1.03. The fraction of sp³-hybridized carbons (Fsp3) is 0.250. The zero-order valence-corrected chi connectivity index (χ0v) is 20.4. The van der Waals surface area contributed by atoms with Crippen molar-refractivity contribution in [1.29, 1.82) is 0 Å². The fourth-order valence-electron chi connectivity index (χ4n) is 4.49. The number of unbranched alkanes of at least 4 members (excludes halogenated alkanes) is 1. The van der Waals surface area contributed by atoms with Crippen LogP contribution in [0.1, 0.15) is 36.8 Å². The largest absolute Gasteiger partial charge is 0.326 e. The van der Waals surface area contributed by atoms with Crippen LogP contribution in [0.5, 0.6) is 0 Å². The van der Waals surface area contributed by atoms with Gasteiger partial charge in [0.1, 0.15) is 0 Å².